The average Bonchev–Trinajstić information content (AvgIpc) is 3.52. The molecule has 1 atom stereocenters. The van der Waals surface area contributed by atoms with Crippen molar-refractivity contribution in [2.24, 2.45) is 5.92 Å². The van der Waals surface area contributed by atoms with Crippen LogP contribution in [0.4, 0.5) is 19.3 Å². The van der Waals surface area contributed by atoms with Crippen molar-refractivity contribution in [1.29, 1.82) is 0 Å². The third kappa shape index (κ3) is 4.16. The van der Waals surface area contributed by atoms with Gasteiger partial charge < -0.3 is 15.4 Å². The maximum atomic E-state index is 14.8. The minimum absolute atomic E-state index is 0.0918. The summed E-state index contributed by atoms with van der Waals surface area (Å²) in [4.78, 5) is 28.8. The van der Waals surface area contributed by atoms with Crippen molar-refractivity contribution in [3.05, 3.63) is 57.8 Å². The van der Waals surface area contributed by atoms with E-state index in [9.17, 15) is 18.4 Å². The fourth-order valence-corrected chi connectivity index (χ4v) is 3.51. The summed E-state index contributed by atoms with van der Waals surface area (Å²) in [5.41, 5.74) is -0.798. The Morgan fingerprint density at radius 2 is 2.10 bits per heavy atom. The Bertz CT molecular complexity index is 1140. The smallest absolute Gasteiger partial charge is 0.320 e. The van der Waals surface area contributed by atoms with Crippen molar-refractivity contribution in [3.63, 3.8) is 0 Å². The highest BCUT2D eigenvalue weighted by Gasteiger charge is 2.55. The van der Waals surface area contributed by atoms with Crippen molar-refractivity contribution < 1.29 is 18.3 Å². The molecule has 1 aliphatic heterocycles. The van der Waals surface area contributed by atoms with Crippen LogP contribution in [0.1, 0.15) is 36.6 Å². The monoisotopic (exact) mass is 428 g/mol. The number of carbonyl (C=O) groups is 1. The number of ether oxygens (including phenoxy) is 1. The lowest BCUT2D eigenvalue weighted by Gasteiger charge is -2.40. The molecule has 1 aromatic heterocycles. The second-order valence-electron chi connectivity index (χ2n) is 7.92. The van der Waals surface area contributed by atoms with Crippen molar-refractivity contribution in [3.8, 4) is 11.8 Å². The molecule has 1 saturated carbocycles. The van der Waals surface area contributed by atoms with E-state index in [1.165, 1.54) is 30.1 Å². The first-order valence-corrected chi connectivity index (χ1v) is 9.89. The number of methoxy groups -OCH3 is 1. The lowest BCUT2D eigenvalue weighted by atomic mass is 9.81. The summed E-state index contributed by atoms with van der Waals surface area (Å²) in [6.45, 7) is 1.15. The Balaban J connectivity index is 1.71. The average molecular weight is 428 g/mol. The second kappa shape index (κ2) is 7.78. The summed E-state index contributed by atoms with van der Waals surface area (Å²) in [5.74, 6) is 2.32. The van der Waals surface area contributed by atoms with Crippen LogP contribution in [0.2, 0.25) is 0 Å². The standard InChI is InChI=1S/C22H22F2N4O3/c1-21(23,24)22(8-7-14-3-4-14)17-6-5-15(9-18(17)26-20(30)27-22)11-28-13-25-16(12-31-2)10-19(28)29/h5-6,9-10,13-14H,3-4,11-12H2,1-2H3,(H2,26,27,30)/t22-/m0/s1. The third-order valence-electron chi connectivity index (χ3n) is 5.32. The molecule has 2 N–H and O–H groups in total. The number of rotatable bonds is 5. The number of nitrogens with zero attached hydrogens (tertiary/aromatic N) is 2. The number of carbonyl (C=O) groups excluding carboxylic acids is 1. The van der Waals surface area contributed by atoms with Crippen LogP contribution in [0.5, 0.6) is 0 Å². The second-order valence-corrected chi connectivity index (χ2v) is 7.92. The van der Waals surface area contributed by atoms with Gasteiger partial charge in [-0.25, -0.2) is 18.6 Å². The highest BCUT2D eigenvalue weighted by molar-refractivity contribution is 5.95. The quantitative estimate of drug-likeness (QED) is 0.718. The molecule has 2 aliphatic rings. The molecule has 31 heavy (non-hydrogen) atoms. The molecule has 0 spiro atoms. The molecule has 2 heterocycles. The van der Waals surface area contributed by atoms with Gasteiger partial charge in [-0.2, -0.15) is 0 Å². The molecule has 162 valence electrons. The molecule has 0 unspecified atom stereocenters. The number of benzene rings is 1. The summed E-state index contributed by atoms with van der Waals surface area (Å²) in [7, 11) is 1.51. The molecular weight excluding hydrogens is 406 g/mol. The first kappa shape index (κ1) is 21.0. The van der Waals surface area contributed by atoms with Crippen molar-refractivity contribution in [2.45, 2.75) is 44.4 Å². The SMILES string of the molecule is COCc1cc(=O)n(Cc2ccc3c(c2)NC(=O)N[C@]3(C#CC2CC2)C(C)(F)F)cn1. The van der Waals surface area contributed by atoms with Crippen molar-refractivity contribution in [2.75, 3.05) is 12.4 Å². The van der Waals surface area contributed by atoms with Crippen LogP contribution in [0.3, 0.4) is 0 Å². The predicted octanol–water partition coefficient (Wildman–Crippen LogP) is 2.84. The van der Waals surface area contributed by atoms with E-state index in [1.54, 1.807) is 12.1 Å². The van der Waals surface area contributed by atoms with Crippen molar-refractivity contribution >= 4 is 11.7 Å². The van der Waals surface area contributed by atoms with E-state index >= 15 is 0 Å². The number of hydrogen-bond acceptors (Lipinski definition) is 4. The number of fused-ring (bicyclic) bond motifs is 1. The molecule has 2 amide bonds. The van der Waals surface area contributed by atoms with E-state index in [2.05, 4.69) is 27.5 Å². The molecule has 1 aliphatic carbocycles. The zero-order valence-electron chi connectivity index (χ0n) is 17.2. The number of halogens is 2. The summed E-state index contributed by atoms with van der Waals surface area (Å²) in [5, 5.41) is 4.94. The van der Waals surface area contributed by atoms with E-state index in [-0.39, 0.29) is 35.9 Å². The van der Waals surface area contributed by atoms with Gasteiger partial charge in [-0.15, -0.1) is 0 Å². The van der Waals surface area contributed by atoms with Crippen LogP contribution in [0.25, 0.3) is 0 Å². The van der Waals surface area contributed by atoms with Crippen LogP contribution in [0.15, 0.2) is 35.4 Å². The molecule has 9 heteroatoms. The minimum Gasteiger partial charge on any atom is -0.378 e. The van der Waals surface area contributed by atoms with Gasteiger partial charge in [0, 0.05) is 37.3 Å². The number of hydrogen-bond donors (Lipinski definition) is 2. The minimum atomic E-state index is -3.32. The number of nitrogens with one attached hydrogen (secondary N) is 2. The van der Waals surface area contributed by atoms with Gasteiger partial charge in [-0.05, 0) is 24.5 Å². The van der Waals surface area contributed by atoms with Crippen LogP contribution in [0, 0.1) is 17.8 Å². The Morgan fingerprint density at radius 1 is 1.32 bits per heavy atom. The largest absolute Gasteiger partial charge is 0.378 e. The van der Waals surface area contributed by atoms with Gasteiger partial charge in [0.05, 0.1) is 25.2 Å². The molecule has 4 rings (SSSR count). The highest BCUT2D eigenvalue weighted by atomic mass is 19.3. The van der Waals surface area contributed by atoms with E-state index in [4.69, 9.17) is 4.74 Å². The highest BCUT2D eigenvalue weighted by Crippen LogP contribution is 2.43. The first-order valence-electron chi connectivity index (χ1n) is 9.89. The van der Waals surface area contributed by atoms with E-state index in [0.717, 1.165) is 19.8 Å². The summed E-state index contributed by atoms with van der Waals surface area (Å²) >= 11 is 0. The molecule has 0 saturated heterocycles. The Hall–Kier alpha value is -3.25. The lowest BCUT2D eigenvalue weighted by Crippen LogP contribution is -2.59. The number of anilines is 1. The molecule has 1 fully saturated rings. The van der Waals surface area contributed by atoms with E-state index in [0.29, 0.717) is 11.3 Å². The van der Waals surface area contributed by atoms with Gasteiger partial charge in [0.15, 0.2) is 5.54 Å². The van der Waals surface area contributed by atoms with Gasteiger partial charge in [-0.1, -0.05) is 24.0 Å². The third-order valence-corrected chi connectivity index (χ3v) is 5.32. The fraction of sp³-hybridized carbons (Fsp3) is 0.409. The van der Waals surface area contributed by atoms with Gasteiger partial charge in [-0.3, -0.25) is 9.36 Å². The lowest BCUT2D eigenvalue weighted by molar-refractivity contribution is -0.0464. The Kier molecular flexibility index (Phi) is 5.27. The summed E-state index contributed by atoms with van der Waals surface area (Å²) in [6.07, 6.45) is 3.16. The molecule has 0 bridgehead atoms. The Labute approximate surface area is 177 Å². The summed E-state index contributed by atoms with van der Waals surface area (Å²) in [6, 6.07) is 5.38. The van der Waals surface area contributed by atoms with E-state index in [1.807, 2.05) is 0 Å². The molecule has 7 nitrogen and oxygen atoms in total. The molecular formula is C22H22F2N4O3. The topological polar surface area (TPSA) is 85.2 Å². The van der Waals surface area contributed by atoms with Crippen molar-refractivity contribution in [1.82, 2.24) is 14.9 Å². The van der Waals surface area contributed by atoms with Crippen LogP contribution >= 0.6 is 0 Å². The zero-order valence-corrected chi connectivity index (χ0v) is 17.2. The number of urea groups is 1. The van der Waals surface area contributed by atoms with Gasteiger partial charge in [0.1, 0.15) is 0 Å². The maximum absolute atomic E-state index is 14.8. The molecule has 0 radical (unpaired) electrons. The normalized spacial score (nSPS) is 20.2. The zero-order chi connectivity index (χ0) is 22.2. The van der Waals surface area contributed by atoms with Crippen LogP contribution in [-0.2, 0) is 23.4 Å². The van der Waals surface area contributed by atoms with Crippen LogP contribution in [-0.4, -0.2) is 28.6 Å². The van der Waals surface area contributed by atoms with E-state index < -0.39 is 17.5 Å². The predicted molar refractivity (Wildman–Crippen MR) is 110 cm³/mol. The Morgan fingerprint density at radius 3 is 2.74 bits per heavy atom. The van der Waals surface area contributed by atoms with Gasteiger partial charge >= 0.3 is 6.03 Å². The summed E-state index contributed by atoms with van der Waals surface area (Å²) < 4.78 is 35.9. The first-order chi connectivity index (χ1) is 14.7. The van der Waals surface area contributed by atoms with Gasteiger partial charge in [0.25, 0.3) is 11.5 Å². The molecule has 2 aromatic rings. The maximum Gasteiger partial charge on any atom is 0.320 e. The number of amides is 2. The number of aromatic nitrogens is 2. The molecule has 1 aromatic carbocycles. The van der Waals surface area contributed by atoms with Crippen LogP contribution < -0.4 is 16.2 Å². The number of alkyl halides is 2. The fourth-order valence-electron chi connectivity index (χ4n) is 3.51. The van der Waals surface area contributed by atoms with Gasteiger partial charge in [0.2, 0.25) is 0 Å².